The highest BCUT2D eigenvalue weighted by Gasteiger charge is 2.24. The van der Waals surface area contributed by atoms with Crippen molar-refractivity contribution in [3.8, 4) is 0 Å². The number of H-pyrrole nitrogens is 1. The average Bonchev–Trinajstić information content (AvgIpc) is 2.91. The number of anilines is 1. The molecular formula is C20H24N4O3. The van der Waals surface area contributed by atoms with Crippen LogP contribution in [0.5, 0.6) is 0 Å². The van der Waals surface area contributed by atoms with Crippen LogP contribution < -0.4 is 10.5 Å². The van der Waals surface area contributed by atoms with Crippen LogP contribution in [0.1, 0.15) is 22.4 Å². The molecule has 2 aliphatic heterocycles. The van der Waals surface area contributed by atoms with Crippen LogP contribution in [0.4, 0.5) is 5.95 Å². The van der Waals surface area contributed by atoms with Crippen molar-refractivity contribution in [1.82, 2.24) is 14.9 Å². The zero-order valence-electron chi connectivity index (χ0n) is 15.5. The highest BCUT2D eigenvalue weighted by atomic mass is 16.5. The molecule has 4 rings (SSSR count). The van der Waals surface area contributed by atoms with Crippen molar-refractivity contribution in [2.75, 3.05) is 38.3 Å². The molecule has 7 heteroatoms. The number of benzene rings is 1. The molecule has 0 aliphatic carbocycles. The van der Waals surface area contributed by atoms with E-state index in [1.54, 1.807) is 4.90 Å². The second kappa shape index (κ2) is 7.52. The Morgan fingerprint density at radius 3 is 2.74 bits per heavy atom. The van der Waals surface area contributed by atoms with Crippen molar-refractivity contribution in [3.63, 3.8) is 0 Å². The van der Waals surface area contributed by atoms with Crippen LogP contribution in [0.25, 0.3) is 0 Å². The fourth-order valence-electron chi connectivity index (χ4n) is 3.89. The predicted octanol–water partition coefficient (Wildman–Crippen LogP) is 0.906. The molecule has 0 fully saturated rings. The first-order valence-electron chi connectivity index (χ1n) is 9.36. The highest BCUT2D eigenvalue weighted by Crippen LogP contribution is 2.22. The van der Waals surface area contributed by atoms with Crippen LogP contribution in [0.2, 0.25) is 0 Å². The van der Waals surface area contributed by atoms with Gasteiger partial charge in [-0.2, -0.15) is 0 Å². The molecule has 1 N–H and O–H groups in total. The van der Waals surface area contributed by atoms with Gasteiger partial charge in [0.05, 0.1) is 5.69 Å². The lowest BCUT2D eigenvalue weighted by molar-refractivity contribution is -0.135. The van der Waals surface area contributed by atoms with Crippen LogP contribution in [-0.2, 0) is 35.3 Å². The minimum absolute atomic E-state index is 0.0467. The molecule has 0 saturated carbocycles. The second-order valence-electron chi connectivity index (χ2n) is 7.07. The third-order valence-electron chi connectivity index (χ3n) is 5.39. The van der Waals surface area contributed by atoms with Crippen LogP contribution in [0.15, 0.2) is 29.1 Å². The van der Waals surface area contributed by atoms with E-state index in [0.717, 1.165) is 25.2 Å². The van der Waals surface area contributed by atoms with Gasteiger partial charge in [-0.05, 0) is 24.0 Å². The maximum atomic E-state index is 12.7. The number of aromatic nitrogens is 2. The van der Waals surface area contributed by atoms with Gasteiger partial charge in [-0.15, -0.1) is 0 Å². The van der Waals surface area contributed by atoms with E-state index in [9.17, 15) is 9.59 Å². The van der Waals surface area contributed by atoms with Crippen molar-refractivity contribution in [3.05, 3.63) is 57.0 Å². The van der Waals surface area contributed by atoms with E-state index >= 15 is 0 Å². The Bertz CT molecular complexity index is 908. The number of hydrogen-bond donors (Lipinski definition) is 1. The smallest absolute Gasteiger partial charge is 0.255 e. The van der Waals surface area contributed by atoms with Crippen molar-refractivity contribution in [2.24, 2.45) is 0 Å². The molecule has 0 radical (unpaired) electrons. The molecule has 0 bridgehead atoms. The Morgan fingerprint density at radius 2 is 1.93 bits per heavy atom. The Morgan fingerprint density at radius 1 is 1.15 bits per heavy atom. The van der Waals surface area contributed by atoms with Gasteiger partial charge in [0.2, 0.25) is 11.9 Å². The molecule has 3 heterocycles. The first-order valence-corrected chi connectivity index (χ1v) is 9.36. The summed E-state index contributed by atoms with van der Waals surface area (Å²) in [6, 6.07) is 8.39. The van der Waals surface area contributed by atoms with Crippen molar-refractivity contribution < 1.29 is 9.53 Å². The number of hydrogen-bond acceptors (Lipinski definition) is 5. The van der Waals surface area contributed by atoms with E-state index in [1.807, 2.05) is 6.07 Å². The lowest BCUT2D eigenvalue weighted by Crippen LogP contribution is -2.35. The Balaban J connectivity index is 1.56. The summed E-state index contributed by atoms with van der Waals surface area (Å²) in [6.45, 7) is 2.73. The lowest BCUT2D eigenvalue weighted by Gasteiger charge is -2.29. The third-order valence-corrected chi connectivity index (χ3v) is 5.39. The Kier molecular flexibility index (Phi) is 4.94. The minimum Gasteiger partial charge on any atom is -0.375 e. The summed E-state index contributed by atoms with van der Waals surface area (Å²) in [5, 5.41) is 0. The summed E-state index contributed by atoms with van der Waals surface area (Å²) in [7, 11) is 1.51. The second-order valence-corrected chi connectivity index (χ2v) is 7.07. The number of nitrogens with zero attached hydrogens (tertiary/aromatic N) is 3. The third kappa shape index (κ3) is 3.60. The summed E-state index contributed by atoms with van der Waals surface area (Å²) >= 11 is 0. The van der Waals surface area contributed by atoms with E-state index in [0.29, 0.717) is 37.4 Å². The average molecular weight is 368 g/mol. The van der Waals surface area contributed by atoms with Crippen LogP contribution in [0, 0.1) is 0 Å². The summed E-state index contributed by atoms with van der Waals surface area (Å²) in [5.74, 6) is 0.583. The first kappa shape index (κ1) is 17.7. The molecule has 2 aromatic rings. The van der Waals surface area contributed by atoms with Gasteiger partial charge >= 0.3 is 0 Å². The number of methoxy groups -OCH3 is 1. The lowest BCUT2D eigenvalue weighted by atomic mass is 10.0. The maximum Gasteiger partial charge on any atom is 0.255 e. The molecule has 1 aromatic carbocycles. The molecule has 1 amide bonds. The van der Waals surface area contributed by atoms with Crippen molar-refractivity contribution in [1.29, 1.82) is 0 Å². The molecule has 27 heavy (non-hydrogen) atoms. The summed E-state index contributed by atoms with van der Waals surface area (Å²) in [6.07, 6.45) is 2.05. The minimum atomic E-state index is -0.0881. The largest absolute Gasteiger partial charge is 0.375 e. The summed E-state index contributed by atoms with van der Waals surface area (Å²) in [5.41, 5.74) is 4.05. The van der Waals surface area contributed by atoms with Gasteiger partial charge in [-0.1, -0.05) is 24.3 Å². The first-order chi connectivity index (χ1) is 13.2. The molecule has 0 spiro atoms. The van der Waals surface area contributed by atoms with Crippen molar-refractivity contribution in [2.45, 2.75) is 25.8 Å². The number of nitrogens with one attached hydrogen (secondary N) is 1. The molecule has 0 saturated heterocycles. The number of rotatable bonds is 3. The zero-order chi connectivity index (χ0) is 18.8. The van der Waals surface area contributed by atoms with E-state index in [1.165, 1.54) is 18.2 Å². The standard InChI is InChI=1S/C20H24N4O3/c1-27-13-18(25)23-10-7-16-17(8-11-23)21-20(22-19(16)26)24-9-6-14-4-2-3-5-15(14)12-24/h2-5H,6-13H2,1H3,(H,21,22,26). The topological polar surface area (TPSA) is 78.5 Å². The number of fused-ring (bicyclic) bond motifs is 2. The zero-order valence-corrected chi connectivity index (χ0v) is 15.5. The Labute approximate surface area is 158 Å². The number of ether oxygens (including phenoxy) is 1. The number of aromatic amines is 1. The molecule has 0 unspecified atom stereocenters. The fourth-order valence-corrected chi connectivity index (χ4v) is 3.89. The van der Waals surface area contributed by atoms with Gasteiger partial charge in [0.15, 0.2) is 0 Å². The van der Waals surface area contributed by atoms with Gasteiger partial charge in [0, 0.05) is 45.3 Å². The molecule has 142 valence electrons. The van der Waals surface area contributed by atoms with Crippen LogP contribution in [-0.4, -0.2) is 54.1 Å². The van der Waals surface area contributed by atoms with Gasteiger partial charge in [-0.25, -0.2) is 4.98 Å². The summed E-state index contributed by atoms with van der Waals surface area (Å²) < 4.78 is 4.94. The van der Waals surface area contributed by atoms with E-state index in [2.05, 4.69) is 28.1 Å². The quantitative estimate of drug-likeness (QED) is 0.871. The van der Waals surface area contributed by atoms with Crippen molar-refractivity contribution >= 4 is 11.9 Å². The van der Waals surface area contributed by atoms with Gasteiger partial charge in [0.25, 0.3) is 5.56 Å². The molecule has 2 aliphatic rings. The predicted molar refractivity (Wildman–Crippen MR) is 102 cm³/mol. The number of carbonyl (C=O) groups is 1. The normalized spacial score (nSPS) is 16.5. The molecule has 1 aromatic heterocycles. The van der Waals surface area contributed by atoms with E-state index < -0.39 is 0 Å². The number of carbonyl (C=O) groups excluding carboxylic acids is 1. The van der Waals surface area contributed by atoms with E-state index in [4.69, 9.17) is 9.72 Å². The monoisotopic (exact) mass is 368 g/mol. The van der Waals surface area contributed by atoms with Gasteiger partial charge in [0.1, 0.15) is 6.61 Å². The highest BCUT2D eigenvalue weighted by molar-refractivity contribution is 5.77. The number of amides is 1. The SMILES string of the molecule is COCC(=O)N1CCc2nc(N3CCc4ccccc4C3)[nH]c(=O)c2CC1. The van der Waals surface area contributed by atoms with Crippen LogP contribution in [0.3, 0.4) is 0 Å². The fraction of sp³-hybridized carbons (Fsp3) is 0.450. The van der Waals surface area contributed by atoms with Crippen LogP contribution >= 0.6 is 0 Å². The maximum absolute atomic E-state index is 12.7. The Hall–Kier alpha value is -2.67. The van der Waals surface area contributed by atoms with Gasteiger partial charge < -0.3 is 14.5 Å². The molecule has 0 atom stereocenters. The van der Waals surface area contributed by atoms with E-state index in [-0.39, 0.29) is 18.1 Å². The van der Waals surface area contributed by atoms with Gasteiger partial charge in [-0.3, -0.25) is 14.6 Å². The molecular weight excluding hydrogens is 344 g/mol. The molecule has 7 nitrogen and oxygen atoms in total. The summed E-state index contributed by atoms with van der Waals surface area (Å²) in [4.78, 5) is 36.4.